The van der Waals surface area contributed by atoms with Crippen molar-refractivity contribution in [3.8, 4) is 0 Å². The summed E-state index contributed by atoms with van der Waals surface area (Å²) in [5.41, 5.74) is 2.36. The second-order valence-electron chi connectivity index (χ2n) is 6.58. The molecule has 0 amide bonds. The Morgan fingerprint density at radius 3 is 2.10 bits per heavy atom. The standard InChI is InChI=1S/C16H29NO2SSi/c1-11(2)21(12(3)4,13(5)6)19-9-8-16-15(10-18)17-14(7)20-16/h10-13H,8-9H2,1-7H3. The SMILES string of the molecule is Cc1nc(C=O)c(CCO[Si](C(C)C)(C(C)C)C(C)C)s1. The van der Waals surface area contributed by atoms with Gasteiger partial charge in [-0.3, -0.25) is 4.79 Å². The summed E-state index contributed by atoms with van der Waals surface area (Å²) in [6.07, 6.45) is 1.65. The number of aromatic nitrogens is 1. The lowest BCUT2D eigenvalue weighted by atomic mass is 10.3. The molecular weight excluding hydrogens is 298 g/mol. The first-order valence-corrected chi connectivity index (χ1v) is 10.8. The summed E-state index contributed by atoms with van der Waals surface area (Å²) in [6, 6.07) is 0. The first-order chi connectivity index (χ1) is 9.75. The highest BCUT2D eigenvalue weighted by Gasteiger charge is 2.44. The number of thiazole rings is 1. The van der Waals surface area contributed by atoms with Gasteiger partial charge < -0.3 is 4.43 Å². The minimum absolute atomic E-state index is 0.589. The smallest absolute Gasteiger partial charge is 0.200 e. The Labute approximate surface area is 134 Å². The first-order valence-electron chi connectivity index (χ1n) is 7.81. The van der Waals surface area contributed by atoms with Crippen LogP contribution in [-0.2, 0) is 10.8 Å². The molecule has 5 heteroatoms. The molecule has 0 spiro atoms. The van der Waals surface area contributed by atoms with Crippen LogP contribution in [-0.4, -0.2) is 26.2 Å². The highest BCUT2D eigenvalue weighted by atomic mass is 32.1. The first kappa shape index (κ1) is 18.5. The van der Waals surface area contributed by atoms with E-state index in [1.165, 1.54) is 0 Å². The quantitative estimate of drug-likeness (QED) is 0.498. The van der Waals surface area contributed by atoms with Gasteiger partial charge in [-0.2, -0.15) is 0 Å². The highest BCUT2D eigenvalue weighted by molar-refractivity contribution is 7.11. The number of hydrogen-bond acceptors (Lipinski definition) is 4. The van der Waals surface area contributed by atoms with E-state index in [0.29, 0.717) is 28.9 Å². The van der Waals surface area contributed by atoms with Gasteiger partial charge >= 0.3 is 0 Å². The van der Waals surface area contributed by atoms with Crippen molar-refractivity contribution in [2.45, 2.75) is 71.5 Å². The van der Waals surface area contributed by atoms with Crippen LogP contribution < -0.4 is 0 Å². The van der Waals surface area contributed by atoms with Crippen LogP contribution in [0.1, 0.15) is 61.9 Å². The average molecular weight is 328 g/mol. The monoisotopic (exact) mass is 327 g/mol. The molecular formula is C16H29NO2SSi. The van der Waals surface area contributed by atoms with Crippen molar-refractivity contribution in [2.75, 3.05) is 6.61 Å². The number of nitrogens with zero attached hydrogens (tertiary/aromatic N) is 1. The van der Waals surface area contributed by atoms with Crippen LogP contribution >= 0.6 is 11.3 Å². The van der Waals surface area contributed by atoms with E-state index in [1.54, 1.807) is 11.3 Å². The van der Waals surface area contributed by atoms with E-state index < -0.39 is 8.32 Å². The maximum absolute atomic E-state index is 11.0. The third kappa shape index (κ3) is 4.02. The summed E-state index contributed by atoms with van der Waals surface area (Å²) in [7, 11) is -1.81. The maximum Gasteiger partial charge on any atom is 0.200 e. The molecule has 0 aliphatic rings. The average Bonchev–Trinajstić information content (AvgIpc) is 2.73. The molecule has 0 unspecified atom stereocenters. The Kier molecular flexibility index (Phi) is 6.75. The van der Waals surface area contributed by atoms with Crippen LogP contribution in [0.4, 0.5) is 0 Å². The van der Waals surface area contributed by atoms with Crippen LogP contribution in [0.2, 0.25) is 16.6 Å². The molecule has 1 heterocycles. The largest absolute Gasteiger partial charge is 0.416 e. The number of carbonyl (C=O) groups is 1. The third-order valence-electron chi connectivity index (χ3n) is 4.33. The van der Waals surface area contributed by atoms with Gasteiger partial charge in [-0.05, 0) is 23.5 Å². The van der Waals surface area contributed by atoms with E-state index in [9.17, 15) is 4.79 Å². The summed E-state index contributed by atoms with van der Waals surface area (Å²) in [4.78, 5) is 16.4. The molecule has 1 rings (SSSR count). The number of hydrogen-bond donors (Lipinski definition) is 0. The number of carbonyl (C=O) groups excluding carboxylic acids is 1. The fraction of sp³-hybridized carbons (Fsp3) is 0.750. The fourth-order valence-corrected chi connectivity index (χ4v) is 9.92. The van der Waals surface area contributed by atoms with Gasteiger partial charge in [-0.1, -0.05) is 41.5 Å². The van der Waals surface area contributed by atoms with Gasteiger partial charge in [0.1, 0.15) is 5.69 Å². The number of aryl methyl sites for hydroxylation is 1. The van der Waals surface area contributed by atoms with Crippen molar-refractivity contribution < 1.29 is 9.22 Å². The Morgan fingerprint density at radius 2 is 1.67 bits per heavy atom. The van der Waals surface area contributed by atoms with Crippen molar-refractivity contribution in [3.05, 3.63) is 15.6 Å². The van der Waals surface area contributed by atoms with E-state index in [-0.39, 0.29) is 0 Å². The van der Waals surface area contributed by atoms with Crippen molar-refractivity contribution >= 4 is 25.9 Å². The Morgan fingerprint density at radius 1 is 1.14 bits per heavy atom. The summed E-state index contributed by atoms with van der Waals surface area (Å²) < 4.78 is 6.53. The fourth-order valence-electron chi connectivity index (χ4n) is 3.58. The summed E-state index contributed by atoms with van der Waals surface area (Å²) in [6.45, 7) is 16.4. The van der Waals surface area contributed by atoms with Crippen LogP contribution in [0.5, 0.6) is 0 Å². The number of aldehydes is 1. The van der Waals surface area contributed by atoms with Crippen molar-refractivity contribution in [3.63, 3.8) is 0 Å². The van der Waals surface area contributed by atoms with E-state index in [4.69, 9.17) is 4.43 Å². The van der Waals surface area contributed by atoms with E-state index >= 15 is 0 Å². The molecule has 0 aromatic carbocycles. The zero-order valence-electron chi connectivity index (χ0n) is 14.4. The van der Waals surface area contributed by atoms with Crippen molar-refractivity contribution in [1.82, 2.24) is 4.98 Å². The molecule has 1 aromatic rings. The Hall–Kier alpha value is -0.523. The van der Waals surface area contributed by atoms with Gasteiger partial charge in [0, 0.05) is 17.9 Å². The maximum atomic E-state index is 11.0. The molecule has 0 fully saturated rings. The second-order valence-corrected chi connectivity index (χ2v) is 13.3. The van der Waals surface area contributed by atoms with Crippen LogP contribution in [0, 0.1) is 6.92 Å². The molecule has 0 N–H and O–H groups in total. The van der Waals surface area contributed by atoms with Crippen LogP contribution in [0.3, 0.4) is 0 Å². The third-order valence-corrected chi connectivity index (χ3v) is 11.5. The predicted octanol–water partition coefficient (Wildman–Crippen LogP) is 5.00. The molecule has 21 heavy (non-hydrogen) atoms. The minimum atomic E-state index is -1.81. The summed E-state index contributed by atoms with van der Waals surface area (Å²) >= 11 is 1.61. The summed E-state index contributed by atoms with van der Waals surface area (Å²) in [5.74, 6) is 0. The zero-order chi connectivity index (χ0) is 16.2. The number of rotatable bonds is 8. The molecule has 1 aromatic heterocycles. The lowest BCUT2D eigenvalue weighted by molar-refractivity contribution is 0.111. The van der Waals surface area contributed by atoms with Crippen LogP contribution in [0.25, 0.3) is 0 Å². The van der Waals surface area contributed by atoms with E-state index in [2.05, 4.69) is 46.5 Å². The normalized spacial score (nSPS) is 12.7. The molecule has 0 bridgehead atoms. The second kappa shape index (κ2) is 7.65. The molecule has 0 radical (unpaired) electrons. The molecule has 3 nitrogen and oxygen atoms in total. The van der Waals surface area contributed by atoms with Gasteiger partial charge in [0.2, 0.25) is 0 Å². The van der Waals surface area contributed by atoms with E-state index in [1.807, 2.05) is 6.92 Å². The molecule has 0 atom stereocenters. The van der Waals surface area contributed by atoms with Gasteiger partial charge in [-0.15, -0.1) is 11.3 Å². The van der Waals surface area contributed by atoms with E-state index in [0.717, 1.165) is 22.6 Å². The van der Waals surface area contributed by atoms with Gasteiger partial charge in [0.25, 0.3) is 0 Å². The Balaban J connectivity index is 2.80. The van der Waals surface area contributed by atoms with Crippen LogP contribution in [0.15, 0.2) is 0 Å². The highest BCUT2D eigenvalue weighted by Crippen LogP contribution is 2.42. The molecule has 0 aliphatic carbocycles. The Bertz CT molecular complexity index is 447. The van der Waals surface area contributed by atoms with Gasteiger partial charge in [-0.25, -0.2) is 4.98 Å². The van der Waals surface area contributed by atoms with Gasteiger partial charge in [0.05, 0.1) is 5.01 Å². The van der Waals surface area contributed by atoms with Crippen molar-refractivity contribution in [2.24, 2.45) is 0 Å². The lowest BCUT2D eigenvalue weighted by Gasteiger charge is -2.42. The van der Waals surface area contributed by atoms with Crippen molar-refractivity contribution in [1.29, 1.82) is 0 Å². The molecule has 0 saturated heterocycles. The summed E-state index contributed by atoms with van der Waals surface area (Å²) in [5, 5.41) is 0.951. The lowest BCUT2D eigenvalue weighted by Crippen LogP contribution is -2.48. The molecule has 120 valence electrons. The van der Waals surface area contributed by atoms with Gasteiger partial charge in [0.15, 0.2) is 14.6 Å². The molecule has 0 saturated carbocycles. The topological polar surface area (TPSA) is 39.2 Å². The molecule has 0 aliphatic heterocycles. The zero-order valence-corrected chi connectivity index (χ0v) is 16.2. The predicted molar refractivity (Wildman–Crippen MR) is 92.9 cm³/mol. The minimum Gasteiger partial charge on any atom is -0.416 e.